The molecule has 3 nitrogen and oxygen atoms in total. The Morgan fingerprint density at radius 1 is 0.767 bits per heavy atom. The van der Waals surface area contributed by atoms with Crippen molar-refractivity contribution in [3.05, 3.63) is 77.9 Å². The van der Waals surface area contributed by atoms with Crippen molar-refractivity contribution >= 4 is 16.7 Å². The number of para-hydroxylation sites is 1. The molecule has 0 aliphatic carbocycles. The Hall–Kier alpha value is -2.81. The van der Waals surface area contributed by atoms with Crippen molar-refractivity contribution in [2.24, 2.45) is 5.92 Å². The fourth-order valence-corrected chi connectivity index (χ4v) is 4.63. The van der Waals surface area contributed by atoms with E-state index >= 15 is 0 Å². The molecule has 158 valence electrons. The number of ether oxygens (including phenoxy) is 1. The van der Waals surface area contributed by atoms with Gasteiger partial charge in [-0.1, -0.05) is 67.6 Å². The lowest BCUT2D eigenvalue weighted by Crippen LogP contribution is -2.46. The lowest BCUT2D eigenvalue weighted by atomic mass is 9.78. The van der Waals surface area contributed by atoms with E-state index in [1.807, 2.05) is 23.1 Å². The Kier molecular flexibility index (Phi) is 6.81. The van der Waals surface area contributed by atoms with Gasteiger partial charge in [-0.25, -0.2) is 0 Å². The average molecular weight is 404 g/mol. The van der Waals surface area contributed by atoms with Crippen LogP contribution >= 0.6 is 0 Å². The number of fused-ring (bicyclic) bond motifs is 1. The molecule has 0 N–H and O–H groups in total. The summed E-state index contributed by atoms with van der Waals surface area (Å²) in [6, 6.07) is 23.1. The maximum atomic E-state index is 13.7. The molecule has 0 bridgehead atoms. The Labute approximate surface area is 180 Å². The second-order valence-corrected chi connectivity index (χ2v) is 8.51. The number of nitrogens with zero attached hydrogens (tertiary/aromatic N) is 1. The van der Waals surface area contributed by atoms with Gasteiger partial charge in [0, 0.05) is 29.5 Å². The zero-order valence-electron chi connectivity index (χ0n) is 18.9. The van der Waals surface area contributed by atoms with Gasteiger partial charge in [-0.05, 0) is 50.1 Å². The van der Waals surface area contributed by atoms with Crippen LogP contribution in [0.15, 0.2) is 66.7 Å². The molecule has 0 aliphatic rings. The van der Waals surface area contributed by atoms with Crippen LogP contribution in [0.4, 0.5) is 0 Å². The van der Waals surface area contributed by atoms with Crippen LogP contribution in [0.25, 0.3) is 10.8 Å². The summed E-state index contributed by atoms with van der Waals surface area (Å²) in [7, 11) is 1.69. The van der Waals surface area contributed by atoms with Gasteiger partial charge in [0.25, 0.3) is 0 Å². The molecule has 3 aromatic carbocycles. The molecule has 3 heteroatoms. The van der Waals surface area contributed by atoms with Gasteiger partial charge in [-0.2, -0.15) is 0 Å². The predicted molar refractivity (Wildman–Crippen MR) is 125 cm³/mol. The number of rotatable bonds is 7. The van der Waals surface area contributed by atoms with Crippen LogP contribution < -0.4 is 4.74 Å². The summed E-state index contributed by atoms with van der Waals surface area (Å²) in [5.41, 5.74) is 2.20. The van der Waals surface area contributed by atoms with Crippen molar-refractivity contribution < 1.29 is 9.53 Å². The van der Waals surface area contributed by atoms with Gasteiger partial charge in [-0.15, -0.1) is 0 Å². The highest BCUT2D eigenvalue weighted by Gasteiger charge is 2.34. The van der Waals surface area contributed by atoms with Crippen LogP contribution in [-0.4, -0.2) is 30.0 Å². The number of carbonyl (C=O) groups excluding carboxylic acids is 1. The molecule has 30 heavy (non-hydrogen) atoms. The molecule has 0 fully saturated rings. The maximum absolute atomic E-state index is 13.7. The average Bonchev–Trinajstić information content (AvgIpc) is 2.73. The lowest BCUT2D eigenvalue weighted by Gasteiger charge is -2.36. The van der Waals surface area contributed by atoms with E-state index in [0.29, 0.717) is 0 Å². The van der Waals surface area contributed by atoms with Gasteiger partial charge >= 0.3 is 0 Å². The Morgan fingerprint density at radius 3 is 2.00 bits per heavy atom. The van der Waals surface area contributed by atoms with Crippen LogP contribution in [0, 0.1) is 5.92 Å². The predicted octanol–water partition coefficient (Wildman–Crippen LogP) is 6.26. The van der Waals surface area contributed by atoms with Crippen molar-refractivity contribution in [2.75, 3.05) is 7.11 Å². The quantitative estimate of drug-likeness (QED) is 0.466. The second kappa shape index (κ2) is 9.34. The minimum Gasteiger partial charge on any atom is -0.496 e. The first-order valence-electron chi connectivity index (χ1n) is 10.8. The third kappa shape index (κ3) is 4.21. The fourth-order valence-electron chi connectivity index (χ4n) is 4.63. The number of methoxy groups -OCH3 is 1. The van der Waals surface area contributed by atoms with E-state index in [2.05, 4.69) is 83.1 Å². The highest BCUT2D eigenvalue weighted by Crippen LogP contribution is 2.41. The molecule has 0 aliphatic heterocycles. The standard InChI is InChI=1S/C27H33NO2/c1-18(2)28(19(3)4)27(29)20(5)26(24-15-9-10-17-25(24)30-6)23-16-11-13-21-12-7-8-14-22(21)23/h7-20,26H,1-6H3. The van der Waals surface area contributed by atoms with Crippen molar-refractivity contribution in [3.8, 4) is 5.75 Å². The summed E-state index contributed by atoms with van der Waals surface area (Å²) in [4.78, 5) is 15.7. The van der Waals surface area contributed by atoms with E-state index in [1.54, 1.807) is 7.11 Å². The third-order valence-electron chi connectivity index (χ3n) is 5.89. The topological polar surface area (TPSA) is 29.5 Å². The molecule has 2 atom stereocenters. The minimum atomic E-state index is -0.239. The number of amides is 1. The zero-order chi connectivity index (χ0) is 21.8. The van der Waals surface area contributed by atoms with Gasteiger partial charge in [0.05, 0.1) is 7.11 Å². The molecule has 0 saturated carbocycles. The number of hydrogen-bond acceptors (Lipinski definition) is 2. The van der Waals surface area contributed by atoms with Crippen LogP contribution in [0.1, 0.15) is 51.7 Å². The molecule has 0 saturated heterocycles. The number of hydrogen-bond donors (Lipinski definition) is 0. The fraction of sp³-hybridized carbons (Fsp3) is 0.370. The van der Waals surface area contributed by atoms with E-state index in [4.69, 9.17) is 4.74 Å². The molecule has 3 aromatic rings. The molecular formula is C27H33NO2. The van der Waals surface area contributed by atoms with Crippen molar-refractivity contribution in [1.29, 1.82) is 0 Å². The first-order chi connectivity index (χ1) is 14.4. The van der Waals surface area contributed by atoms with Crippen LogP contribution in [0.2, 0.25) is 0 Å². The van der Waals surface area contributed by atoms with E-state index in [-0.39, 0.29) is 29.8 Å². The van der Waals surface area contributed by atoms with Crippen LogP contribution in [0.5, 0.6) is 5.75 Å². The largest absolute Gasteiger partial charge is 0.496 e. The van der Waals surface area contributed by atoms with Gasteiger partial charge in [0.15, 0.2) is 0 Å². The summed E-state index contributed by atoms with van der Waals surface area (Å²) < 4.78 is 5.72. The molecular weight excluding hydrogens is 370 g/mol. The molecule has 2 unspecified atom stereocenters. The Balaban J connectivity index is 2.21. The number of carbonyl (C=O) groups is 1. The van der Waals surface area contributed by atoms with E-state index < -0.39 is 0 Å². The zero-order valence-corrected chi connectivity index (χ0v) is 18.9. The molecule has 0 spiro atoms. The summed E-state index contributed by atoms with van der Waals surface area (Å²) in [5.74, 6) is 0.635. The van der Waals surface area contributed by atoms with E-state index in [1.165, 1.54) is 10.8 Å². The van der Waals surface area contributed by atoms with Crippen molar-refractivity contribution in [1.82, 2.24) is 4.90 Å². The van der Waals surface area contributed by atoms with Crippen molar-refractivity contribution in [2.45, 2.75) is 52.6 Å². The molecule has 0 radical (unpaired) electrons. The SMILES string of the molecule is COc1ccccc1C(c1cccc2ccccc12)C(C)C(=O)N(C(C)C)C(C)C. The van der Waals surface area contributed by atoms with Crippen LogP contribution in [-0.2, 0) is 4.79 Å². The summed E-state index contributed by atoms with van der Waals surface area (Å²) in [6.07, 6.45) is 0. The molecule has 0 aromatic heterocycles. The lowest BCUT2D eigenvalue weighted by molar-refractivity contribution is -0.139. The number of benzene rings is 3. The molecule has 0 heterocycles. The Morgan fingerprint density at radius 2 is 1.33 bits per heavy atom. The highest BCUT2D eigenvalue weighted by molar-refractivity contribution is 5.88. The highest BCUT2D eigenvalue weighted by atomic mass is 16.5. The summed E-state index contributed by atoms with van der Waals surface area (Å²) in [5, 5.41) is 2.36. The normalized spacial score (nSPS) is 13.5. The monoisotopic (exact) mass is 403 g/mol. The van der Waals surface area contributed by atoms with E-state index in [0.717, 1.165) is 16.9 Å². The summed E-state index contributed by atoms with van der Waals surface area (Å²) in [6.45, 7) is 10.4. The smallest absolute Gasteiger partial charge is 0.226 e. The summed E-state index contributed by atoms with van der Waals surface area (Å²) >= 11 is 0. The second-order valence-electron chi connectivity index (χ2n) is 8.51. The van der Waals surface area contributed by atoms with Gasteiger partial charge in [0.2, 0.25) is 5.91 Å². The first kappa shape index (κ1) is 21.9. The Bertz CT molecular complexity index is 995. The van der Waals surface area contributed by atoms with Gasteiger partial charge in [-0.3, -0.25) is 4.79 Å². The molecule has 3 rings (SSSR count). The van der Waals surface area contributed by atoms with Crippen molar-refractivity contribution in [3.63, 3.8) is 0 Å². The first-order valence-corrected chi connectivity index (χ1v) is 10.8. The van der Waals surface area contributed by atoms with Gasteiger partial charge < -0.3 is 9.64 Å². The third-order valence-corrected chi connectivity index (χ3v) is 5.89. The maximum Gasteiger partial charge on any atom is 0.226 e. The van der Waals surface area contributed by atoms with E-state index in [9.17, 15) is 4.79 Å². The van der Waals surface area contributed by atoms with Crippen LogP contribution in [0.3, 0.4) is 0 Å². The molecule has 1 amide bonds. The minimum absolute atomic E-state index is 0.111. The van der Waals surface area contributed by atoms with Gasteiger partial charge in [0.1, 0.15) is 5.75 Å².